The number of nitrogens with zero attached hydrogens (tertiary/aromatic N) is 2. The van der Waals surface area contributed by atoms with Crippen LogP contribution < -0.4 is 0 Å². The number of rotatable bonds is 2. The molecule has 1 aliphatic rings. The van der Waals surface area contributed by atoms with Crippen LogP contribution in [-0.2, 0) is 0 Å². The molecule has 2 rings (SSSR count). The molecule has 0 spiro atoms. The highest BCUT2D eigenvalue weighted by Gasteiger charge is 2.23. The summed E-state index contributed by atoms with van der Waals surface area (Å²) < 4.78 is 0. The molecule has 0 aliphatic heterocycles. The van der Waals surface area contributed by atoms with Crippen LogP contribution in [0.25, 0.3) is 0 Å². The van der Waals surface area contributed by atoms with Crippen molar-refractivity contribution in [1.82, 2.24) is 9.97 Å². The van der Waals surface area contributed by atoms with Gasteiger partial charge in [-0.15, -0.1) is 0 Å². The minimum Gasteiger partial charge on any atom is -0.237 e. The van der Waals surface area contributed by atoms with Crippen LogP contribution in [0.5, 0.6) is 0 Å². The number of hydrogen-bond donors (Lipinski definition) is 0. The maximum atomic E-state index is 5.97. The maximum absolute atomic E-state index is 5.97. The Morgan fingerprint density at radius 2 is 2.07 bits per heavy atom. The van der Waals surface area contributed by atoms with Crippen LogP contribution in [0.3, 0.4) is 0 Å². The van der Waals surface area contributed by atoms with Crippen molar-refractivity contribution >= 4 is 11.6 Å². The molecule has 0 N–H and O–H groups in total. The summed E-state index contributed by atoms with van der Waals surface area (Å²) in [6, 6.07) is 1.87. The molecule has 1 aliphatic carbocycles. The first-order chi connectivity index (χ1) is 6.66. The summed E-state index contributed by atoms with van der Waals surface area (Å²) in [5.74, 6) is 1.94. The molecule has 14 heavy (non-hydrogen) atoms. The first-order valence-corrected chi connectivity index (χ1v) is 5.59. The van der Waals surface area contributed by atoms with Crippen LogP contribution in [0.2, 0.25) is 5.15 Å². The van der Waals surface area contributed by atoms with E-state index in [2.05, 4.69) is 23.8 Å². The summed E-state index contributed by atoms with van der Waals surface area (Å²) in [6.07, 6.45) is 3.74. The standard InChI is InChI=1S/C11H15ClN2/c1-7(2)9-6-10(12)14-11(13-9)8-4-3-5-8/h6-8H,3-5H2,1-2H3. The van der Waals surface area contributed by atoms with Crippen molar-refractivity contribution < 1.29 is 0 Å². The average molecular weight is 211 g/mol. The van der Waals surface area contributed by atoms with E-state index < -0.39 is 0 Å². The Balaban J connectivity index is 2.30. The lowest BCUT2D eigenvalue weighted by Crippen LogP contribution is -2.14. The van der Waals surface area contributed by atoms with Crippen LogP contribution in [0.15, 0.2) is 6.07 Å². The normalized spacial score (nSPS) is 17.1. The van der Waals surface area contributed by atoms with Crippen LogP contribution in [0.1, 0.15) is 56.5 Å². The predicted octanol–water partition coefficient (Wildman–Crippen LogP) is 3.52. The highest BCUT2D eigenvalue weighted by atomic mass is 35.5. The molecule has 0 bridgehead atoms. The lowest BCUT2D eigenvalue weighted by Gasteiger charge is -2.24. The van der Waals surface area contributed by atoms with E-state index in [0.29, 0.717) is 17.0 Å². The van der Waals surface area contributed by atoms with Gasteiger partial charge in [0.1, 0.15) is 11.0 Å². The predicted molar refractivity (Wildman–Crippen MR) is 57.7 cm³/mol. The molecule has 3 heteroatoms. The summed E-state index contributed by atoms with van der Waals surface area (Å²) >= 11 is 5.97. The third-order valence-corrected chi connectivity index (χ3v) is 2.99. The first kappa shape index (κ1) is 9.91. The number of aromatic nitrogens is 2. The maximum Gasteiger partial charge on any atom is 0.133 e. The van der Waals surface area contributed by atoms with E-state index in [4.69, 9.17) is 11.6 Å². The van der Waals surface area contributed by atoms with Gasteiger partial charge in [0.05, 0.1) is 0 Å². The fourth-order valence-corrected chi connectivity index (χ4v) is 1.80. The minimum absolute atomic E-state index is 0.425. The van der Waals surface area contributed by atoms with Gasteiger partial charge in [0.15, 0.2) is 0 Å². The van der Waals surface area contributed by atoms with Crippen LogP contribution in [-0.4, -0.2) is 9.97 Å². The summed E-state index contributed by atoms with van der Waals surface area (Å²) in [5.41, 5.74) is 1.06. The van der Waals surface area contributed by atoms with Crippen molar-refractivity contribution in [3.63, 3.8) is 0 Å². The monoisotopic (exact) mass is 210 g/mol. The van der Waals surface area contributed by atoms with E-state index in [1.807, 2.05) is 6.07 Å². The Morgan fingerprint density at radius 3 is 2.57 bits per heavy atom. The molecule has 0 radical (unpaired) electrons. The molecule has 76 valence electrons. The van der Waals surface area contributed by atoms with Crippen molar-refractivity contribution in [1.29, 1.82) is 0 Å². The Labute approximate surface area is 89.7 Å². The lowest BCUT2D eigenvalue weighted by molar-refractivity contribution is 0.400. The van der Waals surface area contributed by atoms with Crippen LogP contribution >= 0.6 is 11.6 Å². The van der Waals surface area contributed by atoms with Crippen LogP contribution in [0, 0.1) is 0 Å². The van der Waals surface area contributed by atoms with Gasteiger partial charge >= 0.3 is 0 Å². The second kappa shape index (κ2) is 3.85. The largest absolute Gasteiger partial charge is 0.237 e. The van der Waals surface area contributed by atoms with Crippen molar-refractivity contribution in [2.24, 2.45) is 0 Å². The third-order valence-electron chi connectivity index (χ3n) is 2.79. The molecule has 1 aromatic rings. The van der Waals surface area contributed by atoms with Gasteiger partial charge in [-0.3, -0.25) is 0 Å². The molecule has 1 aromatic heterocycles. The van der Waals surface area contributed by atoms with Gasteiger partial charge in [-0.05, 0) is 24.8 Å². The molecule has 0 aromatic carbocycles. The van der Waals surface area contributed by atoms with Crippen molar-refractivity contribution in [3.8, 4) is 0 Å². The molecular formula is C11H15ClN2. The van der Waals surface area contributed by atoms with E-state index in [1.165, 1.54) is 19.3 Å². The van der Waals surface area contributed by atoms with Crippen molar-refractivity contribution in [3.05, 3.63) is 22.7 Å². The molecule has 0 unspecified atom stereocenters. The van der Waals surface area contributed by atoms with Gasteiger partial charge in [0, 0.05) is 11.6 Å². The van der Waals surface area contributed by atoms with E-state index >= 15 is 0 Å². The molecule has 2 nitrogen and oxygen atoms in total. The second-order valence-electron chi connectivity index (χ2n) is 4.26. The average Bonchev–Trinajstić information content (AvgIpc) is 1.99. The summed E-state index contributed by atoms with van der Waals surface area (Å²) in [5, 5.41) is 0.589. The zero-order valence-electron chi connectivity index (χ0n) is 8.63. The zero-order valence-corrected chi connectivity index (χ0v) is 9.38. The zero-order chi connectivity index (χ0) is 10.1. The highest BCUT2D eigenvalue weighted by Crippen LogP contribution is 2.35. The van der Waals surface area contributed by atoms with Gasteiger partial charge in [-0.1, -0.05) is 31.9 Å². The van der Waals surface area contributed by atoms with Crippen molar-refractivity contribution in [2.45, 2.75) is 44.9 Å². The van der Waals surface area contributed by atoms with E-state index in [9.17, 15) is 0 Å². The number of hydrogen-bond acceptors (Lipinski definition) is 2. The SMILES string of the molecule is CC(C)c1cc(Cl)nc(C2CCC2)n1. The third kappa shape index (κ3) is 1.90. The fraction of sp³-hybridized carbons (Fsp3) is 0.636. The molecule has 0 saturated heterocycles. The topological polar surface area (TPSA) is 25.8 Å². The molecular weight excluding hydrogens is 196 g/mol. The summed E-state index contributed by atoms with van der Waals surface area (Å²) in [6.45, 7) is 4.26. The van der Waals surface area contributed by atoms with Gasteiger partial charge in [0.2, 0.25) is 0 Å². The Bertz CT molecular complexity index is 332. The molecule has 1 heterocycles. The van der Waals surface area contributed by atoms with Crippen LogP contribution in [0.4, 0.5) is 0 Å². The quantitative estimate of drug-likeness (QED) is 0.698. The van der Waals surface area contributed by atoms with Gasteiger partial charge in [-0.25, -0.2) is 9.97 Å². The van der Waals surface area contributed by atoms with Gasteiger partial charge in [-0.2, -0.15) is 0 Å². The fourth-order valence-electron chi connectivity index (χ4n) is 1.60. The van der Waals surface area contributed by atoms with E-state index in [0.717, 1.165) is 11.5 Å². The van der Waals surface area contributed by atoms with E-state index in [-0.39, 0.29) is 0 Å². The van der Waals surface area contributed by atoms with Gasteiger partial charge in [0.25, 0.3) is 0 Å². The molecule has 0 atom stereocenters. The molecule has 0 amide bonds. The van der Waals surface area contributed by atoms with Crippen molar-refractivity contribution in [2.75, 3.05) is 0 Å². The summed E-state index contributed by atoms with van der Waals surface area (Å²) in [7, 11) is 0. The second-order valence-corrected chi connectivity index (χ2v) is 4.64. The number of halogens is 1. The molecule has 1 saturated carbocycles. The van der Waals surface area contributed by atoms with E-state index in [1.54, 1.807) is 0 Å². The minimum atomic E-state index is 0.425. The molecule has 1 fully saturated rings. The Kier molecular flexibility index (Phi) is 2.73. The smallest absolute Gasteiger partial charge is 0.133 e. The lowest BCUT2D eigenvalue weighted by atomic mass is 9.85. The Hall–Kier alpha value is -0.630. The highest BCUT2D eigenvalue weighted by molar-refractivity contribution is 6.29. The first-order valence-electron chi connectivity index (χ1n) is 5.21. The van der Waals surface area contributed by atoms with Gasteiger partial charge < -0.3 is 0 Å². The Morgan fingerprint density at radius 1 is 1.36 bits per heavy atom. The summed E-state index contributed by atoms with van der Waals surface area (Å²) in [4.78, 5) is 8.85.